The normalized spacial score (nSPS) is 22.9. The maximum atomic E-state index is 12.2. The van der Waals surface area contributed by atoms with Crippen LogP contribution < -0.4 is 5.32 Å². The Labute approximate surface area is 123 Å². The van der Waals surface area contributed by atoms with Crippen molar-refractivity contribution >= 4 is 12.0 Å². The molecule has 3 N–H and O–H groups in total. The van der Waals surface area contributed by atoms with Crippen LogP contribution in [0.2, 0.25) is 0 Å². The van der Waals surface area contributed by atoms with Crippen molar-refractivity contribution in [2.24, 2.45) is 5.41 Å². The number of benzene rings is 1. The number of aliphatic carboxylic acids is 1. The van der Waals surface area contributed by atoms with Gasteiger partial charge in [-0.3, -0.25) is 4.79 Å². The number of rotatable bonds is 3. The largest absolute Gasteiger partial charge is 0.508 e. The van der Waals surface area contributed by atoms with Crippen molar-refractivity contribution in [3.63, 3.8) is 0 Å². The maximum Gasteiger partial charge on any atom is 0.317 e. The molecule has 0 aliphatic carbocycles. The average Bonchev–Trinajstić information content (AvgIpc) is 2.83. The zero-order valence-corrected chi connectivity index (χ0v) is 12.2. The monoisotopic (exact) mass is 292 g/mol. The van der Waals surface area contributed by atoms with Gasteiger partial charge in [-0.05, 0) is 38.0 Å². The summed E-state index contributed by atoms with van der Waals surface area (Å²) in [5.74, 6) is -0.730. The van der Waals surface area contributed by atoms with Crippen LogP contribution >= 0.6 is 0 Å². The standard InChI is InChI=1S/C15H20N2O4/c1-10(11-4-3-5-12(18)8-11)16-14(21)17-7-6-15(2,9-17)13(19)20/h3-5,8,10,18H,6-7,9H2,1-2H3,(H,16,21)(H,19,20)/t10-,15?/m0/s1. The maximum absolute atomic E-state index is 12.2. The van der Waals surface area contributed by atoms with Gasteiger partial charge in [-0.15, -0.1) is 0 Å². The molecular formula is C15H20N2O4. The van der Waals surface area contributed by atoms with E-state index in [-0.39, 0.29) is 24.4 Å². The summed E-state index contributed by atoms with van der Waals surface area (Å²) >= 11 is 0. The van der Waals surface area contributed by atoms with Gasteiger partial charge in [0, 0.05) is 13.1 Å². The number of amides is 2. The molecule has 0 radical (unpaired) electrons. The summed E-state index contributed by atoms with van der Waals surface area (Å²) in [6.07, 6.45) is 0.455. The third-order valence-electron chi connectivity index (χ3n) is 3.99. The Hall–Kier alpha value is -2.24. The van der Waals surface area contributed by atoms with Gasteiger partial charge in [0.25, 0.3) is 0 Å². The van der Waals surface area contributed by atoms with Gasteiger partial charge in [0.05, 0.1) is 11.5 Å². The number of carbonyl (C=O) groups excluding carboxylic acids is 1. The Bertz CT molecular complexity index is 560. The minimum Gasteiger partial charge on any atom is -0.508 e. The highest BCUT2D eigenvalue weighted by Gasteiger charge is 2.42. The van der Waals surface area contributed by atoms with Crippen molar-refractivity contribution < 1.29 is 19.8 Å². The van der Waals surface area contributed by atoms with Gasteiger partial charge >= 0.3 is 12.0 Å². The summed E-state index contributed by atoms with van der Waals surface area (Å²) < 4.78 is 0. The van der Waals surface area contributed by atoms with Gasteiger partial charge in [0.1, 0.15) is 5.75 Å². The van der Waals surface area contributed by atoms with Crippen LogP contribution in [0.5, 0.6) is 5.75 Å². The molecule has 2 atom stereocenters. The molecular weight excluding hydrogens is 272 g/mol. The molecule has 1 aromatic carbocycles. The van der Waals surface area contributed by atoms with E-state index in [1.54, 1.807) is 25.1 Å². The fraction of sp³-hybridized carbons (Fsp3) is 0.467. The predicted octanol–water partition coefficient (Wildman–Crippen LogP) is 1.96. The topological polar surface area (TPSA) is 89.9 Å². The Morgan fingerprint density at radius 1 is 1.43 bits per heavy atom. The van der Waals surface area contributed by atoms with E-state index in [1.165, 1.54) is 4.90 Å². The number of carboxylic acids is 1. The van der Waals surface area contributed by atoms with Gasteiger partial charge in [0.15, 0.2) is 0 Å². The van der Waals surface area contributed by atoms with Gasteiger partial charge < -0.3 is 20.4 Å². The molecule has 0 saturated carbocycles. The van der Waals surface area contributed by atoms with E-state index >= 15 is 0 Å². The molecule has 0 aromatic heterocycles. The van der Waals surface area contributed by atoms with Crippen LogP contribution in [0.3, 0.4) is 0 Å². The number of phenolic OH excluding ortho intramolecular Hbond substituents is 1. The second-order valence-electron chi connectivity index (χ2n) is 5.80. The number of urea groups is 1. The molecule has 1 fully saturated rings. The lowest BCUT2D eigenvalue weighted by Crippen LogP contribution is -2.41. The van der Waals surface area contributed by atoms with Crippen molar-refractivity contribution in [3.8, 4) is 5.75 Å². The Kier molecular flexibility index (Phi) is 4.06. The number of likely N-dealkylation sites (tertiary alicyclic amines) is 1. The summed E-state index contributed by atoms with van der Waals surface area (Å²) in [4.78, 5) is 24.9. The van der Waals surface area contributed by atoms with E-state index in [0.29, 0.717) is 13.0 Å². The predicted molar refractivity (Wildman–Crippen MR) is 77.0 cm³/mol. The molecule has 1 saturated heterocycles. The Morgan fingerprint density at radius 2 is 2.14 bits per heavy atom. The number of hydrogen-bond donors (Lipinski definition) is 3. The Balaban J connectivity index is 1.98. The summed E-state index contributed by atoms with van der Waals surface area (Å²) in [5.41, 5.74) is -0.0745. The first-order valence-corrected chi connectivity index (χ1v) is 6.89. The number of carbonyl (C=O) groups is 2. The molecule has 21 heavy (non-hydrogen) atoms. The van der Waals surface area contributed by atoms with E-state index in [9.17, 15) is 19.8 Å². The van der Waals surface area contributed by atoms with E-state index in [2.05, 4.69) is 5.32 Å². The van der Waals surface area contributed by atoms with E-state index < -0.39 is 11.4 Å². The quantitative estimate of drug-likeness (QED) is 0.794. The third kappa shape index (κ3) is 3.26. The summed E-state index contributed by atoms with van der Waals surface area (Å²) in [6.45, 7) is 4.11. The van der Waals surface area contributed by atoms with Gasteiger partial charge in [0.2, 0.25) is 0 Å². The molecule has 114 valence electrons. The molecule has 1 aromatic rings. The van der Waals surface area contributed by atoms with Crippen molar-refractivity contribution in [2.75, 3.05) is 13.1 Å². The van der Waals surface area contributed by atoms with E-state index in [1.807, 2.05) is 13.0 Å². The van der Waals surface area contributed by atoms with Gasteiger partial charge in [-0.1, -0.05) is 12.1 Å². The highest BCUT2D eigenvalue weighted by Crippen LogP contribution is 2.30. The minimum atomic E-state index is -0.876. The lowest BCUT2D eigenvalue weighted by Gasteiger charge is -2.23. The first kappa shape index (κ1) is 15.2. The fourth-order valence-corrected chi connectivity index (χ4v) is 2.46. The molecule has 1 unspecified atom stereocenters. The van der Waals surface area contributed by atoms with Gasteiger partial charge in [-0.25, -0.2) is 4.79 Å². The van der Waals surface area contributed by atoms with Crippen molar-refractivity contribution in [1.29, 1.82) is 0 Å². The lowest BCUT2D eigenvalue weighted by atomic mass is 9.90. The number of aromatic hydroxyl groups is 1. The van der Waals surface area contributed by atoms with Crippen LogP contribution in [0.1, 0.15) is 31.9 Å². The summed E-state index contributed by atoms with van der Waals surface area (Å²) in [7, 11) is 0. The number of phenols is 1. The number of nitrogens with zero attached hydrogens (tertiary/aromatic N) is 1. The zero-order valence-electron chi connectivity index (χ0n) is 12.2. The van der Waals surface area contributed by atoms with Crippen LogP contribution in [0.15, 0.2) is 24.3 Å². The molecule has 1 aliphatic heterocycles. The third-order valence-corrected chi connectivity index (χ3v) is 3.99. The fourth-order valence-electron chi connectivity index (χ4n) is 2.46. The minimum absolute atomic E-state index is 0.147. The smallest absolute Gasteiger partial charge is 0.317 e. The SMILES string of the molecule is C[C@H](NC(=O)N1CCC(C)(C(=O)O)C1)c1cccc(O)c1. The van der Waals surface area contributed by atoms with Crippen LogP contribution in [-0.4, -0.2) is 40.2 Å². The average molecular weight is 292 g/mol. The highest BCUT2D eigenvalue weighted by molar-refractivity contribution is 5.79. The van der Waals surface area contributed by atoms with Crippen molar-refractivity contribution in [1.82, 2.24) is 10.2 Å². The Morgan fingerprint density at radius 3 is 2.71 bits per heavy atom. The lowest BCUT2D eigenvalue weighted by molar-refractivity contribution is -0.147. The first-order chi connectivity index (χ1) is 9.82. The van der Waals surface area contributed by atoms with Gasteiger partial charge in [-0.2, -0.15) is 0 Å². The van der Waals surface area contributed by atoms with Crippen LogP contribution in [0, 0.1) is 5.41 Å². The summed E-state index contributed by atoms with van der Waals surface area (Å²) in [5, 5.41) is 21.5. The highest BCUT2D eigenvalue weighted by atomic mass is 16.4. The van der Waals surface area contributed by atoms with E-state index in [4.69, 9.17) is 0 Å². The second-order valence-corrected chi connectivity index (χ2v) is 5.80. The molecule has 1 aliphatic rings. The molecule has 2 rings (SSSR count). The van der Waals surface area contributed by atoms with Crippen molar-refractivity contribution in [3.05, 3.63) is 29.8 Å². The van der Waals surface area contributed by atoms with Crippen molar-refractivity contribution in [2.45, 2.75) is 26.3 Å². The number of hydrogen-bond acceptors (Lipinski definition) is 3. The van der Waals surface area contributed by atoms with Crippen LogP contribution in [-0.2, 0) is 4.79 Å². The number of nitrogens with one attached hydrogen (secondary N) is 1. The van der Waals surface area contributed by atoms with Crippen LogP contribution in [0.25, 0.3) is 0 Å². The molecule has 0 spiro atoms. The van der Waals surface area contributed by atoms with E-state index in [0.717, 1.165) is 5.56 Å². The molecule has 0 bridgehead atoms. The second kappa shape index (κ2) is 5.63. The first-order valence-electron chi connectivity index (χ1n) is 6.89. The molecule has 6 heteroatoms. The number of carboxylic acid groups (broad SMARTS) is 1. The molecule has 1 heterocycles. The molecule has 2 amide bonds. The zero-order chi connectivity index (χ0) is 15.6. The summed E-state index contributed by atoms with van der Waals surface area (Å²) in [6, 6.07) is 6.14. The molecule has 6 nitrogen and oxygen atoms in total. The van der Waals surface area contributed by atoms with Crippen LogP contribution in [0.4, 0.5) is 4.79 Å².